The van der Waals surface area contributed by atoms with Gasteiger partial charge >= 0.3 is 0 Å². The summed E-state index contributed by atoms with van der Waals surface area (Å²) < 4.78 is 2.16. The zero-order valence-electron chi connectivity index (χ0n) is 19.2. The van der Waals surface area contributed by atoms with E-state index in [4.69, 9.17) is 5.10 Å². The molecule has 0 fully saturated rings. The fourth-order valence-corrected chi connectivity index (χ4v) is 4.02. The third kappa shape index (κ3) is 4.11. The van der Waals surface area contributed by atoms with Gasteiger partial charge in [0.2, 0.25) is 0 Å². The number of nitrogens with zero attached hydrogens (tertiary/aromatic N) is 2. The third-order valence-corrected chi connectivity index (χ3v) is 6.30. The van der Waals surface area contributed by atoms with E-state index in [1.165, 1.54) is 50.2 Å². The van der Waals surface area contributed by atoms with E-state index in [1.54, 1.807) is 0 Å². The molecule has 0 atom stereocenters. The van der Waals surface area contributed by atoms with Gasteiger partial charge in [-0.3, -0.25) is 4.68 Å². The van der Waals surface area contributed by atoms with Gasteiger partial charge in [0.1, 0.15) is 0 Å². The second-order valence-electron chi connectivity index (χ2n) is 8.52. The number of aryl methyl sites for hydroxylation is 4. The van der Waals surface area contributed by atoms with Crippen LogP contribution in [0.2, 0.25) is 0 Å². The van der Waals surface area contributed by atoms with Crippen molar-refractivity contribution in [2.45, 2.75) is 41.2 Å². The molecule has 0 aliphatic carbocycles. The smallest absolute Gasteiger partial charge is 0.0959 e. The highest BCUT2D eigenvalue weighted by Gasteiger charge is 2.18. The molecule has 0 spiro atoms. The van der Waals surface area contributed by atoms with E-state index in [2.05, 4.69) is 107 Å². The Morgan fingerprint density at radius 2 is 1.32 bits per heavy atom. The van der Waals surface area contributed by atoms with Gasteiger partial charge < -0.3 is 0 Å². The van der Waals surface area contributed by atoms with Crippen LogP contribution in [0.3, 0.4) is 0 Å². The van der Waals surface area contributed by atoms with Gasteiger partial charge in [0.15, 0.2) is 0 Å². The van der Waals surface area contributed by atoms with E-state index >= 15 is 0 Å². The van der Waals surface area contributed by atoms with Crippen molar-refractivity contribution in [2.24, 2.45) is 0 Å². The average Bonchev–Trinajstić information content (AvgIpc) is 3.08. The van der Waals surface area contributed by atoms with E-state index in [-0.39, 0.29) is 0 Å². The molecule has 4 aromatic rings. The highest BCUT2D eigenvalue weighted by atomic mass is 15.3. The lowest BCUT2D eigenvalue weighted by atomic mass is 9.98. The first-order chi connectivity index (χ1) is 14.9. The van der Waals surface area contributed by atoms with E-state index in [1.807, 2.05) is 6.08 Å². The van der Waals surface area contributed by atoms with Gasteiger partial charge in [-0.25, -0.2) is 0 Å². The van der Waals surface area contributed by atoms with Gasteiger partial charge in [-0.15, -0.1) is 0 Å². The van der Waals surface area contributed by atoms with Crippen molar-refractivity contribution in [3.05, 3.63) is 106 Å². The highest BCUT2D eigenvalue weighted by Crippen LogP contribution is 2.34. The van der Waals surface area contributed by atoms with Gasteiger partial charge in [-0.05, 0) is 80.1 Å². The molecule has 0 aliphatic rings. The quantitative estimate of drug-likeness (QED) is 0.336. The third-order valence-electron chi connectivity index (χ3n) is 6.30. The number of hydrogen-bond donors (Lipinski definition) is 0. The van der Waals surface area contributed by atoms with E-state index < -0.39 is 0 Å². The van der Waals surface area contributed by atoms with Crippen LogP contribution in [0.15, 0.2) is 67.2 Å². The molecular formula is C29H30N2. The maximum absolute atomic E-state index is 5.11. The van der Waals surface area contributed by atoms with Crippen LogP contribution < -0.4 is 0 Å². The number of hydrogen-bond acceptors (Lipinski definition) is 1. The van der Waals surface area contributed by atoms with Crippen LogP contribution in [-0.4, -0.2) is 9.78 Å². The maximum Gasteiger partial charge on any atom is 0.0959 e. The lowest BCUT2D eigenvalue weighted by Gasteiger charge is -2.11. The summed E-state index contributed by atoms with van der Waals surface area (Å²) in [7, 11) is 0. The minimum absolute atomic E-state index is 0.728. The van der Waals surface area contributed by atoms with Crippen molar-refractivity contribution in [1.82, 2.24) is 9.78 Å². The molecule has 0 radical (unpaired) electrons. The predicted octanol–water partition coefficient (Wildman–Crippen LogP) is 7.45. The van der Waals surface area contributed by atoms with E-state index in [0.29, 0.717) is 0 Å². The van der Waals surface area contributed by atoms with Crippen molar-refractivity contribution >= 4 is 6.08 Å². The van der Waals surface area contributed by atoms with Crippen LogP contribution in [0.5, 0.6) is 0 Å². The normalized spacial score (nSPS) is 11.0. The number of rotatable bonds is 5. The van der Waals surface area contributed by atoms with Crippen LogP contribution in [0.25, 0.3) is 28.6 Å². The Morgan fingerprint density at radius 1 is 0.742 bits per heavy atom. The molecule has 156 valence electrons. The predicted molar refractivity (Wildman–Crippen MR) is 132 cm³/mol. The van der Waals surface area contributed by atoms with Crippen LogP contribution in [-0.2, 0) is 6.54 Å². The van der Waals surface area contributed by atoms with Gasteiger partial charge in [0.05, 0.1) is 17.9 Å². The van der Waals surface area contributed by atoms with Crippen molar-refractivity contribution in [3.63, 3.8) is 0 Å². The van der Waals surface area contributed by atoms with Crippen molar-refractivity contribution in [3.8, 4) is 22.5 Å². The monoisotopic (exact) mass is 406 g/mol. The Balaban J connectivity index is 1.87. The summed E-state index contributed by atoms with van der Waals surface area (Å²) in [6, 6.07) is 21.9. The molecule has 2 heteroatoms. The van der Waals surface area contributed by atoms with Crippen LogP contribution in [0, 0.1) is 34.6 Å². The summed E-state index contributed by atoms with van der Waals surface area (Å²) in [5.74, 6) is 0. The Labute approximate surface area is 185 Å². The second-order valence-corrected chi connectivity index (χ2v) is 8.52. The molecule has 31 heavy (non-hydrogen) atoms. The molecule has 4 rings (SSSR count). The van der Waals surface area contributed by atoms with Gasteiger partial charge in [-0.1, -0.05) is 61.2 Å². The Kier molecular flexibility index (Phi) is 5.65. The topological polar surface area (TPSA) is 17.8 Å². The minimum atomic E-state index is 0.728. The summed E-state index contributed by atoms with van der Waals surface area (Å²) in [5.41, 5.74) is 13.4. The lowest BCUT2D eigenvalue weighted by Crippen LogP contribution is -2.04. The summed E-state index contributed by atoms with van der Waals surface area (Å²) >= 11 is 0. The molecule has 0 bridgehead atoms. The molecule has 0 aliphatic heterocycles. The molecule has 0 saturated carbocycles. The Bertz CT molecular complexity index is 1260. The fraction of sp³-hybridized carbons (Fsp3) is 0.207. The van der Waals surface area contributed by atoms with Crippen molar-refractivity contribution in [1.29, 1.82) is 0 Å². The molecule has 2 nitrogen and oxygen atoms in total. The SMILES string of the molecule is C=Cc1ccc(Cn2nc(-c3ccc(C)c(C)c3)c(C)c2-c2ccc(C)c(C)c2)cc1. The van der Waals surface area contributed by atoms with Gasteiger partial charge in [0, 0.05) is 16.7 Å². The number of benzene rings is 3. The lowest BCUT2D eigenvalue weighted by molar-refractivity contribution is 0.696. The Hall–Kier alpha value is -3.39. The molecule has 0 amide bonds. The molecule has 1 aromatic heterocycles. The van der Waals surface area contributed by atoms with Crippen molar-refractivity contribution < 1.29 is 0 Å². The first-order valence-corrected chi connectivity index (χ1v) is 10.8. The molecule has 0 unspecified atom stereocenters. The van der Waals surface area contributed by atoms with Crippen LogP contribution in [0.1, 0.15) is 38.9 Å². The van der Waals surface area contributed by atoms with Gasteiger partial charge in [0.25, 0.3) is 0 Å². The first kappa shape index (κ1) is 20.9. The molecule has 3 aromatic carbocycles. The van der Waals surface area contributed by atoms with Crippen molar-refractivity contribution in [2.75, 3.05) is 0 Å². The van der Waals surface area contributed by atoms with Crippen LogP contribution in [0.4, 0.5) is 0 Å². The van der Waals surface area contributed by atoms with Crippen LogP contribution >= 0.6 is 0 Å². The standard InChI is InChI=1S/C29H30N2/c1-7-24-10-12-25(13-11-24)18-31-29(27-15-9-20(3)22(5)17-27)23(6)28(30-31)26-14-8-19(2)21(4)16-26/h7-17H,1,18H2,2-6H3. The highest BCUT2D eigenvalue weighted by molar-refractivity contribution is 5.75. The number of aromatic nitrogens is 2. The fourth-order valence-electron chi connectivity index (χ4n) is 4.02. The largest absolute Gasteiger partial charge is 0.260 e. The summed E-state index contributed by atoms with van der Waals surface area (Å²) in [6.07, 6.45) is 1.88. The van der Waals surface area contributed by atoms with E-state index in [0.717, 1.165) is 17.8 Å². The zero-order chi connectivity index (χ0) is 22.1. The molecular weight excluding hydrogens is 376 g/mol. The Morgan fingerprint density at radius 3 is 1.90 bits per heavy atom. The molecule has 0 saturated heterocycles. The average molecular weight is 407 g/mol. The molecule has 1 heterocycles. The summed E-state index contributed by atoms with van der Waals surface area (Å²) in [5, 5.41) is 5.11. The molecule has 0 N–H and O–H groups in total. The first-order valence-electron chi connectivity index (χ1n) is 10.8. The summed E-state index contributed by atoms with van der Waals surface area (Å²) in [6.45, 7) is 15.4. The minimum Gasteiger partial charge on any atom is -0.260 e. The van der Waals surface area contributed by atoms with Gasteiger partial charge in [-0.2, -0.15) is 5.10 Å². The maximum atomic E-state index is 5.11. The second kappa shape index (κ2) is 8.39. The zero-order valence-corrected chi connectivity index (χ0v) is 19.2. The summed E-state index contributed by atoms with van der Waals surface area (Å²) in [4.78, 5) is 0. The van der Waals surface area contributed by atoms with E-state index in [9.17, 15) is 0 Å².